The molecule has 172 valence electrons. The third-order valence-corrected chi connectivity index (χ3v) is 5.26. The van der Waals surface area contributed by atoms with Gasteiger partial charge >= 0.3 is 11.6 Å². The van der Waals surface area contributed by atoms with Gasteiger partial charge in [-0.05, 0) is 19.3 Å². The molecule has 2 rings (SSSR count). The second-order valence-electron chi connectivity index (χ2n) is 7.43. The van der Waals surface area contributed by atoms with E-state index in [1.165, 1.54) is 0 Å². The van der Waals surface area contributed by atoms with Crippen LogP contribution in [0.4, 0.5) is 4.39 Å². The molecule has 1 fully saturated rings. The zero-order chi connectivity index (χ0) is 22.7. The number of aromatic amines is 1. The van der Waals surface area contributed by atoms with E-state index in [0.29, 0.717) is 23.8 Å². The normalized spacial score (nSPS) is 30.2. The summed E-state index contributed by atoms with van der Waals surface area (Å²) in [4.78, 5) is 26.3. The van der Waals surface area contributed by atoms with E-state index in [1.807, 2.05) is 11.9 Å². The van der Waals surface area contributed by atoms with E-state index in [-0.39, 0.29) is 23.5 Å². The Morgan fingerprint density at radius 3 is 2.53 bits per heavy atom. The van der Waals surface area contributed by atoms with Crippen molar-refractivity contribution < 1.29 is 34.8 Å². The van der Waals surface area contributed by atoms with Crippen LogP contribution >= 0.6 is 0 Å². The summed E-state index contributed by atoms with van der Waals surface area (Å²) in [6.45, 7) is 2.72. The third-order valence-electron chi connectivity index (χ3n) is 5.26. The number of aromatic nitrogens is 2. The molecular weight excluding hydrogens is 405 g/mol. The lowest BCUT2D eigenvalue weighted by atomic mass is 10.00. The molecule has 5 atom stereocenters. The molecule has 1 aliphatic rings. The Labute approximate surface area is 171 Å². The highest BCUT2D eigenvalue weighted by molar-refractivity contribution is 5.10. The summed E-state index contributed by atoms with van der Waals surface area (Å²) in [7, 11) is 0. The first-order valence-corrected chi connectivity index (χ1v) is 9.97. The van der Waals surface area contributed by atoms with Gasteiger partial charge in [-0.15, -0.1) is 5.06 Å². The molecule has 1 saturated heterocycles. The van der Waals surface area contributed by atoms with Gasteiger partial charge in [0, 0.05) is 11.8 Å². The van der Waals surface area contributed by atoms with Crippen molar-refractivity contribution in [1.82, 2.24) is 14.6 Å². The highest BCUT2D eigenvalue weighted by Gasteiger charge is 2.71. The van der Waals surface area contributed by atoms with E-state index in [9.17, 15) is 39.6 Å². The lowest BCUT2D eigenvalue weighted by Crippen LogP contribution is -2.69. The van der Waals surface area contributed by atoms with Crippen molar-refractivity contribution in [2.45, 2.75) is 82.5 Å². The number of ether oxygens (including phenoxy) is 1. The zero-order valence-electron chi connectivity index (χ0n) is 17.0. The average Bonchev–Trinajstić information content (AvgIpc) is 2.91. The van der Waals surface area contributed by atoms with Gasteiger partial charge in [0.2, 0.25) is 5.72 Å². The first-order chi connectivity index (χ1) is 14.1. The molecule has 0 aromatic carbocycles. The van der Waals surface area contributed by atoms with Crippen LogP contribution in [0, 0.1) is 0 Å². The highest BCUT2D eigenvalue weighted by atomic mass is 19.1. The molecule has 0 saturated carbocycles. The van der Waals surface area contributed by atoms with Crippen molar-refractivity contribution >= 4 is 0 Å². The largest absolute Gasteiger partial charge is 0.394 e. The molecule has 0 radical (unpaired) electrons. The minimum Gasteiger partial charge on any atom is -0.394 e. The van der Waals surface area contributed by atoms with Crippen LogP contribution < -0.4 is 11.2 Å². The zero-order valence-corrected chi connectivity index (χ0v) is 17.0. The molecule has 1 aliphatic heterocycles. The molecule has 0 bridgehead atoms. The molecule has 12 heteroatoms. The smallest absolute Gasteiger partial charge is 0.332 e. The first-order valence-electron chi connectivity index (χ1n) is 9.97. The number of aliphatic hydroxyl groups is 4. The lowest BCUT2D eigenvalue weighted by molar-refractivity contribution is -0.428. The summed E-state index contributed by atoms with van der Waals surface area (Å²) in [5.41, 5.74) is -5.20. The van der Waals surface area contributed by atoms with Gasteiger partial charge in [-0.1, -0.05) is 33.1 Å². The monoisotopic (exact) mass is 435 g/mol. The van der Waals surface area contributed by atoms with Crippen molar-refractivity contribution in [3.63, 3.8) is 0 Å². The van der Waals surface area contributed by atoms with E-state index in [0.717, 1.165) is 12.6 Å². The molecule has 0 aliphatic carbocycles. The fourth-order valence-electron chi connectivity index (χ4n) is 3.55. The second-order valence-corrected chi connectivity index (χ2v) is 7.43. The topological polar surface area (TPSA) is 168 Å². The Bertz CT molecular complexity index is 832. The van der Waals surface area contributed by atoms with Crippen LogP contribution in [0.2, 0.25) is 0 Å². The minimum atomic E-state index is -3.28. The van der Waals surface area contributed by atoms with Crippen molar-refractivity contribution in [2.75, 3.05) is 6.61 Å². The number of alkyl halides is 1. The van der Waals surface area contributed by atoms with E-state index in [1.54, 1.807) is 6.92 Å². The molecule has 2 heterocycles. The summed E-state index contributed by atoms with van der Waals surface area (Å²) >= 11 is 0. The Morgan fingerprint density at radius 1 is 1.30 bits per heavy atom. The van der Waals surface area contributed by atoms with Gasteiger partial charge in [-0.2, -0.15) is 0 Å². The minimum absolute atomic E-state index is 0.0441. The number of halogens is 1. The Morgan fingerprint density at radius 2 is 1.97 bits per heavy atom. The maximum Gasteiger partial charge on any atom is 0.332 e. The predicted molar refractivity (Wildman–Crippen MR) is 101 cm³/mol. The highest BCUT2D eigenvalue weighted by Crippen LogP contribution is 2.44. The lowest BCUT2D eigenvalue weighted by Gasteiger charge is -2.43. The van der Waals surface area contributed by atoms with Crippen molar-refractivity contribution in [2.24, 2.45) is 0 Å². The molecule has 0 spiro atoms. The Kier molecular flexibility index (Phi) is 7.91. The van der Waals surface area contributed by atoms with E-state index in [4.69, 9.17) is 4.74 Å². The summed E-state index contributed by atoms with van der Waals surface area (Å²) in [5, 5.41) is 52.2. The SMILES string of the molecule is CCCCCC(F)N(O)[C@@]1(O)[C@H](O)[C@@H](CO)O[C@]1(O)n1cc(CCC)c(=O)[nH]c1=O. The van der Waals surface area contributed by atoms with Crippen LogP contribution in [0.3, 0.4) is 0 Å². The van der Waals surface area contributed by atoms with Gasteiger partial charge < -0.3 is 30.4 Å². The fraction of sp³-hybridized carbons (Fsp3) is 0.778. The number of nitrogens with zero attached hydrogens (tertiary/aromatic N) is 2. The van der Waals surface area contributed by atoms with Crippen LogP contribution in [0.25, 0.3) is 0 Å². The van der Waals surface area contributed by atoms with Crippen molar-refractivity contribution in [3.05, 3.63) is 32.6 Å². The maximum atomic E-state index is 14.7. The number of hydrogen-bond acceptors (Lipinski definition) is 9. The number of aliphatic hydroxyl groups excluding tert-OH is 2. The van der Waals surface area contributed by atoms with Gasteiger partial charge in [-0.25, -0.2) is 13.8 Å². The Hall–Kier alpha value is -1.67. The quantitative estimate of drug-likeness (QED) is 0.118. The summed E-state index contributed by atoms with van der Waals surface area (Å²) < 4.78 is 20.2. The third kappa shape index (κ3) is 4.08. The van der Waals surface area contributed by atoms with Crippen LogP contribution in [-0.2, 0) is 17.1 Å². The van der Waals surface area contributed by atoms with E-state index in [2.05, 4.69) is 0 Å². The molecule has 0 amide bonds. The molecule has 1 aromatic rings. The van der Waals surface area contributed by atoms with Crippen LogP contribution in [0.1, 0.15) is 51.5 Å². The van der Waals surface area contributed by atoms with Gasteiger partial charge in [0.25, 0.3) is 5.56 Å². The standard InChI is InChI=1S/C18H30FN3O8/c1-3-5-6-8-13(19)22(29)17(27)14(24)12(10-23)30-18(17,28)21-9-11(7-4-2)15(25)20-16(21)26/h9,12-14,23-24,27-29H,3-8,10H2,1-2H3,(H,20,25,26)/t12-,13?,14-,17-,18+/m1/s1. The molecule has 6 N–H and O–H groups in total. The number of aryl methyl sites for hydroxylation is 1. The number of hydrogen-bond donors (Lipinski definition) is 6. The van der Waals surface area contributed by atoms with Crippen molar-refractivity contribution in [1.29, 1.82) is 0 Å². The maximum absolute atomic E-state index is 14.7. The second kappa shape index (κ2) is 9.64. The number of unbranched alkanes of at least 4 members (excludes halogenated alkanes) is 2. The molecule has 30 heavy (non-hydrogen) atoms. The molecular formula is C18H30FN3O8. The van der Waals surface area contributed by atoms with Crippen LogP contribution in [0.5, 0.6) is 0 Å². The van der Waals surface area contributed by atoms with Crippen LogP contribution in [-0.4, -0.2) is 71.1 Å². The number of H-pyrrole nitrogens is 1. The average molecular weight is 435 g/mol. The molecule has 1 unspecified atom stereocenters. The summed E-state index contributed by atoms with van der Waals surface area (Å²) in [5.74, 6) is -3.23. The van der Waals surface area contributed by atoms with E-state index < -0.39 is 48.0 Å². The van der Waals surface area contributed by atoms with Gasteiger partial charge in [0.15, 0.2) is 6.30 Å². The number of hydroxylamine groups is 2. The summed E-state index contributed by atoms with van der Waals surface area (Å²) in [6.07, 6.45) is -3.04. The first kappa shape index (κ1) is 24.6. The fourth-order valence-corrected chi connectivity index (χ4v) is 3.55. The molecule has 1 aromatic heterocycles. The van der Waals surface area contributed by atoms with E-state index >= 15 is 0 Å². The van der Waals surface area contributed by atoms with Crippen molar-refractivity contribution in [3.8, 4) is 0 Å². The summed E-state index contributed by atoms with van der Waals surface area (Å²) in [6, 6.07) is 0. The van der Waals surface area contributed by atoms with Gasteiger partial charge in [-0.3, -0.25) is 9.78 Å². The number of nitrogens with one attached hydrogen (secondary N) is 1. The van der Waals surface area contributed by atoms with Gasteiger partial charge in [0.1, 0.15) is 12.2 Å². The number of rotatable bonds is 10. The molecule has 11 nitrogen and oxygen atoms in total. The Balaban J connectivity index is 2.58. The van der Waals surface area contributed by atoms with Gasteiger partial charge in [0.05, 0.1) is 6.61 Å². The van der Waals surface area contributed by atoms with Crippen LogP contribution in [0.15, 0.2) is 15.8 Å². The predicted octanol–water partition coefficient (Wildman–Crippen LogP) is -0.901.